The summed E-state index contributed by atoms with van der Waals surface area (Å²) in [5.41, 5.74) is 0.497. The second-order valence-electron chi connectivity index (χ2n) is 5.16. The van der Waals surface area contributed by atoms with Crippen molar-refractivity contribution in [3.63, 3.8) is 0 Å². The highest BCUT2D eigenvalue weighted by Gasteiger charge is 2.22. The van der Waals surface area contributed by atoms with Crippen molar-refractivity contribution in [1.82, 2.24) is 19.8 Å². The van der Waals surface area contributed by atoms with Gasteiger partial charge in [0.15, 0.2) is 0 Å². The van der Waals surface area contributed by atoms with Crippen LogP contribution in [-0.4, -0.2) is 71.5 Å². The second kappa shape index (κ2) is 7.36. The summed E-state index contributed by atoms with van der Waals surface area (Å²) in [6.45, 7) is 12.5. The van der Waals surface area contributed by atoms with E-state index in [0.717, 1.165) is 51.6 Å². The van der Waals surface area contributed by atoms with Gasteiger partial charge in [0.25, 0.3) is 5.91 Å². The van der Waals surface area contributed by atoms with Crippen LogP contribution in [0, 0.1) is 0 Å². The minimum absolute atomic E-state index is 0.0153. The van der Waals surface area contributed by atoms with E-state index in [9.17, 15) is 4.79 Å². The Kier molecular flexibility index (Phi) is 5.50. The van der Waals surface area contributed by atoms with Gasteiger partial charge in [-0.1, -0.05) is 6.92 Å². The van der Waals surface area contributed by atoms with Gasteiger partial charge in [-0.3, -0.25) is 4.79 Å². The van der Waals surface area contributed by atoms with E-state index in [4.69, 9.17) is 0 Å². The highest BCUT2D eigenvalue weighted by Crippen LogP contribution is 2.13. The zero-order valence-corrected chi connectivity index (χ0v) is 13.2. The van der Waals surface area contributed by atoms with Crippen LogP contribution in [0.15, 0.2) is 12.4 Å². The minimum Gasteiger partial charge on any atom is -0.357 e. The zero-order chi connectivity index (χ0) is 15.2. The normalized spacial score (nSPS) is 16.0. The molecule has 2 rings (SSSR count). The Bertz CT molecular complexity index is 467. The van der Waals surface area contributed by atoms with Crippen molar-refractivity contribution < 1.29 is 4.79 Å². The first-order valence-corrected chi connectivity index (χ1v) is 7.78. The Morgan fingerprint density at radius 1 is 1.14 bits per heavy atom. The number of aromatic nitrogens is 2. The lowest BCUT2D eigenvalue weighted by Gasteiger charge is -2.33. The number of carbonyl (C=O) groups excluding carboxylic acids is 1. The van der Waals surface area contributed by atoms with Crippen molar-refractivity contribution >= 4 is 11.7 Å². The maximum atomic E-state index is 12.5. The number of nitrogens with zero attached hydrogens (tertiary/aromatic N) is 5. The number of hydrogen-bond donors (Lipinski definition) is 0. The lowest BCUT2D eigenvalue weighted by molar-refractivity contribution is 0.0637. The monoisotopic (exact) mass is 291 g/mol. The van der Waals surface area contributed by atoms with E-state index in [2.05, 4.69) is 40.5 Å². The van der Waals surface area contributed by atoms with E-state index < -0.39 is 0 Å². The maximum Gasteiger partial charge on any atom is 0.272 e. The summed E-state index contributed by atoms with van der Waals surface area (Å²) in [6.07, 6.45) is 1.49. The molecule has 0 aliphatic carbocycles. The number of carbonyl (C=O) groups is 1. The summed E-state index contributed by atoms with van der Waals surface area (Å²) in [5.74, 6) is 0.840. The average molecular weight is 291 g/mol. The highest BCUT2D eigenvalue weighted by atomic mass is 16.2. The first-order chi connectivity index (χ1) is 10.2. The first-order valence-electron chi connectivity index (χ1n) is 7.78. The Morgan fingerprint density at radius 2 is 1.81 bits per heavy atom. The highest BCUT2D eigenvalue weighted by molar-refractivity contribution is 5.93. The third kappa shape index (κ3) is 3.69. The van der Waals surface area contributed by atoms with Crippen LogP contribution in [0.5, 0.6) is 0 Å². The Labute approximate surface area is 126 Å². The van der Waals surface area contributed by atoms with Crippen LogP contribution in [0.4, 0.5) is 5.82 Å². The Balaban J connectivity index is 2.07. The molecular formula is C15H25N5O. The van der Waals surface area contributed by atoms with E-state index in [-0.39, 0.29) is 5.91 Å². The summed E-state index contributed by atoms with van der Waals surface area (Å²) < 4.78 is 0. The van der Waals surface area contributed by atoms with E-state index >= 15 is 0 Å². The third-order valence-corrected chi connectivity index (χ3v) is 4.07. The van der Waals surface area contributed by atoms with Gasteiger partial charge in [0, 0.05) is 45.3 Å². The molecule has 116 valence electrons. The van der Waals surface area contributed by atoms with E-state index in [1.165, 1.54) is 6.33 Å². The van der Waals surface area contributed by atoms with Crippen molar-refractivity contribution in [2.24, 2.45) is 0 Å². The molecule has 0 unspecified atom stereocenters. The lowest BCUT2D eigenvalue weighted by Crippen LogP contribution is -2.48. The molecule has 1 aliphatic heterocycles. The first kappa shape index (κ1) is 15.7. The maximum absolute atomic E-state index is 12.5. The van der Waals surface area contributed by atoms with Gasteiger partial charge in [-0.2, -0.15) is 0 Å². The van der Waals surface area contributed by atoms with Crippen molar-refractivity contribution in [3.8, 4) is 0 Å². The molecule has 0 bridgehead atoms. The summed E-state index contributed by atoms with van der Waals surface area (Å²) in [5, 5.41) is 0. The fourth-order valence-electron chi connectivity index (χ4n) is 2.61. The third-order valence-electron chi connectivity index (χ3n) is 4.07. The summed E-state index contributed by atoms with van der Waals surface area (Å²) in [4.78, 5) is 27.3. The predicted molar refractivity (Wildman–Crippen MR) is 83.6 cm³/mol. The number of piperazine rings is 1. The molecule has 0 spiro atoms. The van der Waals surface area contributed by atoms with E-state index in [1.807, 2.05) is 11.0 Å². The number of likely N-dealkylation sites (N-methyl/N-ethyl adjacent to an activating group) is 1. The molecule has 6 nitrogen and oxygen atoms in total. The van der Waals surface area contributed by atoms with Crippen LogP contribution in [0.3, 0.4) is 0 Å². The molecule has 0 aromatic carbocycles. The second-order valence-corrected chi connectivity index (χ2v) is 5.16. The fraction of sp³-hybridized carbons (Fsp3) is 0.667. The molecule has 1 saturated heterocycles. The van der Waals surface area contributed by atoms with Gasteiger partial charge in [-0.25, -0.2) is 9.97 Å². The average Bonchev–Trinajstić information content (AvgIpc) is 2.56. The molecule has 2 heterocycles. The van der Waals surface area contributed by atoms with Crippen LogP contribution in [0.2, 0.25) is 0 Å². The fourth-order valence-corrected chi connectivity index (χ4v) is 2.61. The number of amides is 1. The Hall–Kier alpha value is -1.69. The van der Waals surface area contributed by atoms with Gasteiger partial charge >= 0.3 is 0 Å². The van der Waals surface area contributed by atoms with Crippen molar-refractivity contribution in [2.75, 3.05) is 50.7 Å². The molecule has 6 heteroatoms. The summed E-state index contributed by atoms with van der Waals surface area (Å²) >= 11 is 0. The van der Waals surface area contributed by atoms with E-state index in [1.54, 1.807) is 0 Å². The van der Waals surface area contributed by atoms with Crippen LogP contribution in [0.1, 0.15) is 31.3 Å². The summed E-state index contributed by atoms with van der Waals surface area (Å²) in [6, 6.07) is 1.81. The molecule has 0 atom stereocenters. The zero-order valence-electron chi connectivity index (χ0n) is 13.2. The molecule has 0 N–H and O–H groups in total. The standard InChI is InChI=1S/C15H25N5O/c1-4-18-7-9-20(10-8-18)15(21)13-11-14(17-12-16-13)19(5-2)6-3/h11-12H,4-10H2,1-3H3. The van der Waals surface area contributed by atoms with Crippen LogP contribution >= 0.6 is 0 Å². The van der Waals surface area contributed by atoms with Crippen LogP contribution in [-0.2, 0) is 0 Å². The number of rotatable bonds is 5. The number of anilines is 1. The molecule has 0 radical (unpaired) electrons. The minimum atomic E-state index is 0.0153. The topological polar surface area (TPSA) is 52.6 Å². The quantitative estimate of drug-likeness (QED) is 0.813. The van der Waals surface area contributed by atoms with E-state index in [0.29, 0.717) is 5.69 Å². The van der Waals surface area contributed by atoms with Crippen molar-refractivity contribution in [1.29, 1.82) is 0 Å². The van der Waals surface area contributed by atoms with Crippen molar-refractivity contribution in [3.05, 3.63) is 18.1 Å². The molecule has 1 aliphatic rings. The molecular weight excluding hydrogens is 266 g/mol. The molecule has 1 amide bonds. The van der Waals surface area contributed by atoms with Gasteiger partial charge in [0.1, 0.15) is 17.8 Å². The SMILES string of the molecule is CCN1CCN(C(=O)c2cc(N(CC)CC)ncn2)CC1. The molecule has 0 saturated carbocycles. The van der Waals surface area contributed by atoms with Crippen LogP contribution in [0.25, 0.3) is 0 Å². The molecule has 21 heavy (non-hydrogen) atoms. The lowest BCUT2D eigenvalue weighted by atomic mass is 10.2. The van der Waals surface area contributed by atoms with Crippen molar-refractivity contribution in [2.45, 2.75) is 20.8 Å². The Morgan fingerprint density at radius 3 is 2.38 bits per heavy atom. The molecule has 1 fully saturated rings. The number of hydrogen-bond acceptors (Lipinski definition) is 5. The predicted octanol–water partition coefficient (Wildman–Crippen LogP) is 1.10. The van der Waals surface area contributed by atoms with Gasteiger partial charge in [0.2, 0.25) is 0 Å². The van der Waals surface area contributed by atoms with Gasteiger partial charge < -0.3 is 14.7 Å². The summed E-state index contributed by atoms with van der Waals surface area (Å²) in [7, 11) is 0. The molecule has 1 aromatic heterocycles. The van der Waals surface area contributed by atoms with Crippen LogP contribution < -0.4 is 4.90 Å². The van der Waals surface area contributed by atoms with Gasteiger partial charge in [-0.15, -0.1) is 0 Å². The van der Waals surface area contributed by atoms with Gasteiger partial charge in [-0.05, 0) is 20.4 Å². The molecule has 1 aromatic rings. The smallest absolute Gasteiger partial charge is 0.272 e. The largest absolute Gasteiger partial charge is 0.357 e. The van der Waals surface area contributed by atoms with Gasteiger partial charge in [0.05, 0.1) is 0 Å².